The van der Waals surface area contributed by atoms with Gasteiger partial charge in [-0.1, -0.05) is 6.92 Å². The molecule has 16 heavy (non-hydrogen) atoms. The number of aromatic amines is 1. The fourth-order valence-electron chi connectivity index (χ4n) is 1.21. The normalized spacial score (nSPS) is 12.4. The summed E-state index contributed by atoms with van der Waals surface area (Å²) >= 11 is 0. The van der Waals surface area contributed by atoms with E-state index in [1.54, 1.807) is 7.11 Å². The van der Waals surface area contributed by atoms with Crippen LogP contribution >= 0.6 is 0 Å². The van der Waals surface area contributed by atoms with E-state index >= 15 is 0 Å². The molecule has 1 aromatic rings. The summed E-state index contributed by atoms with van der Waals surface area (Å²) in [6, 6.07) is 0.0519. The Balaban J connectivity index is 2.45. The minimum Gasteiger partial charge on any atom is -0.385 e. The lowest BCUT2D eigenvalue weighted by Gasteiger charge is -2.11. The summed E-state index contributed by atoms with van der Waals surface area (Å²) < 4.78 is 4.93. The average Bonchev–Trinajstić information content (AvgIpc) is 2.74. The maximum absolute atomic E-state index is 11.7. The lowest BCUT2D eigenvalue weighted by atomic mass is 10.2. The molecule has 1 aromatic heterocycles. The van der Waals surface area contributed by atoms with Gasteiger partial charge in [0.15, 0.2) is 0 Å². The van der Waals surface area contributed by atoms with Gasteiger partial charge in [0.05, 0.1) is 0 Å². The zero-order valence-corrected chi connectivity index (χ0v) is 9.91. The number of methoxy groups -OCH3 is 1. The van der Waals surface area contributed by atoms with Gasteiger partial charge < -0.3 is 10.1 Å². The van der Waals surface area contributed by atoms with Crippen molar-refractivity contribution in [3.05, 3.63) is 11.6 Å². The van der Waals surface area contributed by atoms with Gasteiger partial charge in [-0.15, -0.1) is 5.10 Å². The molecule has 0 aromatic carbocycles. The number of H-pyrrole nitrogens is 1. The van der Waals surface area contributed by atoms with Crippen molar-refractivity contribution >= 4 is 5.91 Å². The number of nitrogens with one attached hydrogen (secondary N) is 2. The van der Waals surface area contributed by atoms with Gasteiger partial charge in [0.1, 0.15) is 5.82 Å². The number of hydrogen-bond donors (Lipinski definition) is 2. The van der Waals surface area contributed by atoms with E-state index in [4.69, 9.17) is 4.74 Å². The first-order chi connectivity index (χ1) is 7.67. The molecule has 0 aliphatic heterocycles. The standard InChI is InChI=1S/C10H18N4O2/c1-4-8-12-9(14-13-8)10(15)11-7(2)5-6-16-3/h7H,4-6H2,1-3H3,(H,11,15)(H,12,13,14). The first kappa shape index (κ1) is 12.6. The molecule has 1 amide bonds. The van der Waals surface area contributed by atoms with Gasteiger partial charge >= 0.3 is 0 Å². The van der Waals surface area contributed by atoms with E-state index in [1.165, 1.54) is 0 Å². The number of ether oxygens (including phenoxy) is 1. The molecular weight excluding hydrogens is 208 g/mol. The Morgan fingerprint density at radius 3 is 2.94 bits per heavy atom. The van der Waals surface area contributed by atoms with Crippen LogP contribution < -0.4 is 5.32 Å². The summed E-state index contributed by atoms with van der Waals surface area (Å²) in [4.78, 5) is 15.7. The molecule has 1 heterocycles. The molecule has 90 valence electrons. The van der Waals surface area contributed by atoms with E-state index in [-0.39, 0.29) is 17.8 Å². The number of amides is 1. The van der Waals surface area contributed by atoms with Crippen LogP contribution in [0.5, 0.6) is 0 Å². The van der Waals surface area contributed by atoms with Crippen molar-refractivity contribution < 1.29 is 9.53 Å². The van der Waals surface area contributed by atoms with E-state index < -0.39 is 0 Å². The number of carbonyl (C=O) groups excluding carboxylic acids is 1. The molecule has 0 saturated carbocycles. The van der Waals surface area contributed by atoms with Crippen LogP contribution in [0.3, 0.4) is 0 Å². The third kappa shape index (κ3) is 3.62. The zero-order chi connectivity index (χ0) is 12.0. The molecule has 1 rings (SSSR count). The second kappa shape index (κ2) is 6.22. The van der Waals surface area contributed by atoms with Gasteiger partial charge in [0, 0.05) is 26.2 Å². The molecule has 0 bridgehead atoms. The molecule has 0 aliphatic carbocycles. The van der Waals surface area contributed by atoms with Crippen LogP contribution in [0.15, 0.2) is 0 Å². The molecule has 0 spiro atoms. The lowest BCUT2D eigenvalue weighted by molar-refractivity contribution is 0.0919. The highest BCUT2D eigenvalue weighted by Crippen LogP contribution is 1.96. The predicted molar refractivity (Wildman–Crippen MR) is 59.2 cm³/mol. The van der Waals surface area contributed by atoms with Crippen molar-refractivity contribution in [1.29, 1.82) is 0 Å². The fraction of sp³-hybridized carbons (Fsp3) is 0.700. The smallest absolute Gasteiger partial charge is 0.291 e. The van der Waals surface area contributed by atoms with E-state index in [2.05, 4.69) is 20.5 Å². The zero-order valence-electron chi connectivity index (χ0n) is 9.91. The van der Waals surface area contributed by atoms with Gasteiger partial charge in [-0.25, -0.2) is 4.98 Å². The number of aromatic nitrogens is 3. The van der Waals surface area contributed by atoms with Crippen molar-refractivity contribution in [2.45, 2.75) is 32.7 Å². The SMILES string of the molecule is CCc1nc(C(=O)NC(C)CCOC)n[nH]1. The summed E-state index contributed by atoms with van der Waals surface area (Å²) in [5.74, 6) is 0.662. The summed E-state index contributed by atoms with van der Waals surface area (Å²) in [6.45, 7) is 4.49. The Labute approximate surface area is 94.8 Å². The molecule has 1 unspecified atom stereocenters. The van der Waals surface area contributed by atoms with Crippen LogP contribution in [0.1, 0.15) is 36.7 Å². The van der Waals surface area contributed by atoms with Crippen molar-refractivity contribution in [2.75, 3.05) is 13.7 Å². The van der Waals surface area contributed by atoms with Crippen LogP contribution in [-0.4, -0.2) is 40.8 Å². The maximum Gasteiger partial charge on any atom is 0.291 e. The minimum absolute atomic E-state index is 0.0519. The number of rotatable bonds is 6. The number of hydrogen-bond acceptors (Lipinski definition) is 4. The summed E-state index contributed by atoms with van der Waals surface area (Å²) in [5, 5.41) is 9.35. The molecule has 6 heteroatoms. The van der Waals surface area contributed by atoms with Gasteiger partial charge in [-0.05, 0) is 13.3 Å². The van der Waals surface area contributed by atoms with Gasteiger partial charge in [0.2, 0.25) is 5.82 Å². The minimum atomic E-state index is -0.250. The van der Waals surface area contributed by atoms with E-state index in [0.717, 1.165) is 18.7 Å². The molecular formula is C10H18N4O2. The third-order valence-electron chi connectivity index (χ3n) is 2.20. The summed E-state index contributed by atoms with van der Waals surface area (Å²) in [5.41, 5.74) is 0. The molecule has 6 nitrogen and oxygen atoms in total. The maximum atomic E-state index is 11.7. The first-order valence-electron chi connectivity index (χ1n) is 5.38. The van der Waals surface area contributed by atoms with Crippen LogP contribution in [-0.2, 0) is 11.2 Å². The monoisotopic (exact) mass is 226 g/mol. The third-order valence-corrected chi connectivity index (χ3v) is 2.20. The van der Waals surface area contributed by atoms with Gasteiger partial charge in [-0.2, -0.15) is 0 Å². The molecule has 2 N–H and O–H groups in total. The topological polar surface area (TPSA) is 79.9 Å². The number of aryl methyl sites for hydroxylation is 1. The van der Waals surface area contributed by atoms with Crippen LogP contribution in [0.4, 0.5) is 0 Å². The average molecular weight is 226 g/mol. The number of carbonyl (C=O) groups is 1. The highest BCUT2D eigenvalue weighted by atomic mass is 16.5. The van der Waals surface area contributed by atoms with E-state index in [0.29, 0.717) is 6.61 Å². The Morgan fingerprint density at radius 2 is 2.38 bits per heavy atom. The van der Waals surface area contributed by atoms with Gasteiger partial charge in [-0.3, -0.25) is 9.89 Å². The largest absolute Gasteiger partial charge is 0.385 e. The Hall–Kier alpha value is -1.43. The Bertz CT molecular complexity index is 337. The quantitative estimate of drug-likeness (QED) is 0.741. The molecule has 0 saturated heterocycles. The van der Waals surface area contributed by atoms with E-state index in [9.17, 15) is 4.79 Å². The summed E-state index contributed by atoms with van der Waals surface area (Å²) in [6.07, 6.45) is 1.51. The highest BCUT2D eigenvalue weighted by molar-refractivity contribution is 5.90. The number of nitrogens with zero attached hydrogens (tertiary/aromatic N) is 2. The van der Waals surface area contributed by atoms with Crippen LogP contribution in [0.25, 0.3) is 0 Å². The van der Waals surface area contributed by atoms with Crippen molar-refractivity contribution in [1.82, 2.24) is 20.5 Å². The van der Waals surface area contributed by atoms with Crippen LogP contribution in [0.2, 0.25) is 0 Å². The predicted octanol–water partition coefficient (Wildman–Crippen LogP) is 0.522. The van der Waals surface area contributed by atoms with Crippen molar-refractivity contribution in [2.24, 2.45) is 0 Å². The summed E-state index contributed by atoms with van der Waals surface area (Å²) in [7, 11) is 1.64. The van der Waals surface area contributed by atoms with E-state index in [1.807, 2.05) is 13.8 Å². The second-order valence-electron chi connectivity index (χ2n) is 3.62. The Kier molecular flexibility index (Phi) is 4.91. The Morgan fingerprint density at radius 1 is 1.62 bits per heavy atom. The highest BCUT2D eigenvalue weighted by Gasteiger charge is 2.14. The molecule has 0 aliphatic rings. The second-order valence-corrected chi connectivity index (χ2v) is 3.62. The van der Waals surface area contributed by atoms with Crippen LogP contribution in [0, 0.1) is 0 Å². The molecule has 1 atom stereocenters. The first-order valence-corrected chi connectivity index (χ1v) is 5.38. The molecule has 0 radical (unpaired) electrons. The van der Waals surface area contributed by atoms with Crippen molar-refractivity contribution in [3.8, 4) is 0 Å². The van der Waals surface area contributed by atoms with Gasteiger partial charge in [0.25, 0.3) is 5.91 Å². The van der Waals surface area contributed by atoms with Crippen molar-refractivity contribution in [3.63, 3.8) is 0 Å². The lowest BCUT2D eigenvalue weighted by Crippen LogP contribution is -2.34. The fourth-order valence-corrected chi connectivity index (χ4v) is 1.21. The molecule has 0 fully saturated rings.